The highest BCUT2D eigenvalue weighted by Gasteiger charge is 2.54. The number of methoxy groups -OCH3 is 1. The Balaban J connectivity index is 1.93. The summed E-state index contributed by atoms with van der Waals surface area (Å²) in [4.78, 5) is 18.8. The summed E-state index contributed by atoms with van der Waals surface area (Å²) in [5.41, 5.74) is 6.64. The van der Waals surface area contributed by atoms with Crippen molar-refractivity contribution in [2.75, 3.05) is 13.7 Å². The molecule has 1 aromatic rings. The number of nitrogens with zero attached hydrogens (tertiary/aromatic N) is 2. The molecular weight excluding hydrogens is 378 g/mol. The van der Waals surface area contributed by atoms with Crippen LogP contribution in [0.3, 0.4) is 0 Å². The smallest absolute Gasteiger partial charge is 0.221 e. The van der Waals surface area contributed by atoms with Gasteiger partial charge < -0.3 is 25.6 Å². The second-order valence-corrected chi connectivity index (χ2v) is 9.01. The Kier molecular flexibility index (Phi) is 6.52. The van der Waals surface area contributed by atoms with Gasteiger partial charge in [0.1, 0.15) is 11.9 Å². The second kappa shape index (κ2) is 8.71. The van der Waals surface area contributed by atoms with Gasteiger partial charge in [-0.25, -0.2) is 0 Å². The van der Waals surface area contributed by atoms with Crippen molar-refractivity contribution in [1.29, 1.82) is 0 Å². The van der Waals surface area contributed by atoms with Crippen molar-refractivity contribution in [2.45, 2.75) is 50.3 Å². The molecule has 1 saturated carbocycles. The van der Waals surface area contributed by atoms with E-state index in [1.165, 1.54) is 11.8 Å². The van der Waals surface area contributed by atoms with Crippen LogP contribution in [-0.2, 0) is 11.3 Å². The minimum atomic E-state index is -0.984. The Labute approximate surface area is 170 Å². The summed E-state index contributed by atoms with van der Waals surface area (Å²) in [6, 6.07) is 7.29. The molecule has 1 heterocycles. The lowest BCUT2D eigenvalue weighted by atomic mass is 9.80. The topological polar surface area (TPSA) is 108 Å². The van der Waals surface area contributed by atoms with Crippen LogP contribution < -0.4 is 10.5 Å². The molecule has 7 nitrogen and oxygen atoms in total. The van der Waals surface area contributed by atoms with Crippen molar-refractivity contribution in [3.8, 4) is 5.75 Å². The van der Waals surface area contributed by atoms with Gasteiger partial charge in [-0.1, -0.05) is 37.7 Å². The number of thioether (sulfide) groups is 1. The number of fused-ring (bicyclic) bond motifs is 1. The number of carbonyl (C=O) groups is 1. The van der Waals surface area contributed by atoms with Crippen LogP contribution in [0.15, 0.2) is 29.3 Å². The standard InChI is InChI=1S/C20H29N3O4S/c1-11(2)9-22-20-23(10-12-4-6-13(27-3)7-5-12)16-17(25)15(24)8-14(19(21)26)18(16)28-20/h4-7,11,14-18,24-25H,8-10H2,1-3H3,(H2,21,26)/t14-,15+,16-,17-,18+/m0/s1. The monoisotopic (exact) mass is 407 g/mol. The van der Waals surface area contributed by atoms with Gasteiger partial charge in [0.15, 0.2) is 5.17 Å². The summed E-state index contributed by atoms with van der Waals surface area (Å²) in [6.07, 6.45) is -1.77. The minimum absolute atomic E-state index is 0.179. The zero-order chi connectivity index (χ0) is 20.4. The van der Waals surface area contributed by atoms with E-state index in [-0.39, 0.29) is 11.7 Å². The van der Waals surface area contributed by atoms with Gasteiger partial charge >= 0.3 is 0 Å². The number of aliphatic hydroxyl groups is 2. The van der Waals surface area contributed by atoms with Gasteiger partial charge in [-0.3, -0.25) is 9.79 Å². The van der Waals surface area contributed by atoms with E-state index in [1.54, 1.807) is 7.11 Å². The fourth-order valence-corrected chi connectivity index (χ4v) is 5.36. The molecule has 0 bridgehead atoms. The van der Waals surface area contributed by atoms with Crippen LogP contribution >= 0.6 is 11.8 Å². The maximum absolute atomic E-state index is 12.0. The molecule has 2 fully saturated rings. The lowest BCUT2D eigenvalue weighted by Crippen LogP contribution is -2.58. The zero-order valence-corrected chi connectivity index (χ0v) is 17.3. The number of nitrogens with two attached hydrogens (primary N) is 1. The van der Waals surface area contributed by atoms with Gasteiger partial charge in [0.25, 0.3) is 0 Å². The fourth-order valence-electron chi connectivity index (χ4n) is 3.79. The molecule has 0 unspecified atom stereocenters. The van der Waals surface area contributed by atoms with Crippen molar-refractivity contribution in [3.63, 3.8) is 0 Å². The third-order valence-corrected chi connectivity index (χ3v) is 6.74. The number of carbonyl (C=O) groups excluding carboxylic acids is 1. The van der Waals surface area contributed by atoms with Crippen LogP contribution in [-0.4, -0.2) is 63.3 Å². The number of ether oxygens (including phenoxy) is 1. The zero-order valence-electron chi connectivity index (χ0n) is 16.5. The normalized spacial score (nSPS) is 31.3. The highest BCUT2D eigenvalue weighted by molar-refractivity contribution is 8.14. The number of hydrogen-bond acceptors (Lipinski definition) is 6. The van der Waals surface area contributed by atoms with Crippen molar-refractivity contribution in [2.24, 2.45) is 22.6 Å². The van der Waals surface area contributed by atoms with E-state index in [2.05, 4.69) is 13.8 Å². The molecule has 1 aliphatic heterocycles. The van der Waals surface area contributed by atoms with E-state index in [4.69, 9.17) is 15.5 Å². The summed E-state index contributed by atoms with van der Waals surface area (Å²) in [5, 5.41) is 21.7. The average molecular weight is 408 g/mol. The predicted molar refractivity (Wildman–Crippen MR) is 110 cm³/mol. The summed E-state index contributed by atoms with van der Waals surface area (Å²) in [5.74, 6) is 0.218. The van der Waals surface area contributed by atoms with E-state index < -0.39 is 30.1 Å². The minimum Gasteiger partial charge on any atom is -0.497 e. The summed E-state index contributed by atoms with van der Waals surface area (Å²) < 4.78 is 5.22. The van der Waals surface area contributed by atoms with Crippen LogP contribution in [0.4, 0.5) is 0 Å². The van der Waals surface area contributed by atoms with Gasteiger partial charge in [0.05, 0.1) is 25.2 Å². The molecule has 1 saturated heterocycles. The molecule has 0 radical (unpaired) electrons. The number of rotatable bonds is 6. The molecule has 1 aliphatic carbocycles. The fraction of sp³-hybridized carbons (Fsp3) is 0.600. The van der Waals surface area contributed by atoms with Gasteiger partial charge in [-0.15, -0.1) is 0 Å². The molecule has 3 rings (SSSR count). The summed E-state index contributed by atoms with van der Waals surface area (Å²) in [7, 11) is 1.62. The molecular formula is C20H29N3O4S. The number of aliphatic imine (C=N–C) groups is 1. The van der Waals surface area contributed by atoms with Crippen molar-refractivity contribution in [3.05, 3.63) is 29.8 Å². The molecule has 4 N–H and O–H groups in total. The molecule has 1 amide bonds. The molecule has 1 aromatic carbocycles. The molecule has 0 aromatic heterocycles. The Morgan fingerprint density at radius 3 is 2.61 bits per heavy atom. The van der Waals surface area contributed by atoms with Crippen molar-refractivity contribution >= 4 is 22.8 Å². The first-order valence-electron chi connectivity index (χ1n) is 9.58. The summed E-state index contributed by atoms with van der Waals surface area (Å²) >= 11 is 1.49. The van der Waals surface area contributed by atoms with E-state index >= 15 is 0 Å². The molecule has 2 aliphatic rings. The first-order chi connectivity index (χ1) is 13.3. The van der Waals surface area contributed by atoms with Gasteiger partial charge in [-0.2, -0.15) is 0 Å². The Bertz CT molecular complexity index is 725. The van der Waals surface area contributed by atoms with Crippen molar-refractivity contribution in [1.82, 2.24) is 4.90 Å². The Morgan fingerprint density at radius 2 is 2.04 bits per heavy atom. The van der Waals surface area contributed by atoms with Crippen LogP contribution in [0.1, 0.15) is 25.8 Å². The van der Waals surface area contributed by atoms with E-state index in [1.807, 2.05) is 29.2 Å². The first-order valence-corrected chi connectivity index (χ1v) is 10.5. The molecule has 5 atom stereocenters. The molecule has 0 spiro atoms. The largest absolute Gasteiger partial charge is 0.497 e. The Hall–Kier alpha value is -1.77. The number of hydrogen-bond donors (Lipinski definition) is 3. The third-order valence-electron chi connectivity index (χ3n) is 5.29. The van der Waals surface area contributed by atoms with Crippen LogP contribution in [0.5, 0.6) is 5.75 Å². The lowest BCUT2D eigenvalue weighted by Gasteiger charge is -2.41. The van der Waals surface area contributed by atoms with E-state index in [0.29, 0.717) is 19.0 Å². The highest BCUT2D eigenvalue weighted by Crippen LogP contribution is 2.44. The third kappa shape index (κ3) is 4.29. The highest BCUT2D eigenvalue weighted by atomic mass is 32.2. The van der Waals surface area contributed by atoms with Gasteiger partial charge in [-0.05, 0) is 30.0 Å². The number of amidine groups is 1. The maximum atomic E-state index is 12.0. The second-order valence-electron chi connectivity index (χ2n) is 7.87. The number of aliphatic hydroxyl groups excluding tert-OH is 2. The molecule has 8 heteroatoms. The number of benzene rings is 1. The number of amides is 1. The van der Waals surface area contributed by atoms with E-state index in [9.17, 15) is 15.0 Å². The van der Waals surface area contributed by atoms with Crippen LogP contribution in [0, 0.1) is 11.8 Å². The Morgan fingerprint density at radius 1 is 1.36 bits per heavy atom. The molecule has 28 heavy (non-hydrogen) atoms. The van der Waals surface area contributed by atoms with Crippen molar-refractivity contribution < 1.29 is 19.7 Å². The van der Waals surface area contributed by atoms with Gasteiger partial charge in [0.2, 0.25) is 5.91 Å². The van der Waals surface area contributed by atoms with E-state index in [0.717, 1.165) is 16.5 Å². The maximum Gasteiger partial charge on any atom is 0.221 e. The lowest BCUT2D eigenvalue weighted by molar-refractivity contribution is -0.128. The SMILES string of the molecule is COc1ccc(CN2C(=NCC(C)C)S[C@H]3[C@@H]2[C@@H](O)[C@H](O)C[C@@H]3C(N)=O)cc1. The summed E-state index contributed by atoms with van der Waals surface area (Å²) in [6.45, 7) is 5.36. The quantitative estimate of drug-likeness (QED) is 0.654. The molecule has 154 valence electrons. The predicted octanol–water partition coefficient (Wildman–Crippen LogP) is 1.22. The number of primary amides is 1. The van der Waals surface area contributed by atoms with Crippen LogP contribution in [0.2, 0.25) is 0 Å². The van der Waals surface area contributed by atoms with Crippen LogP contribution in [0.25, 0.3) is 0 Å². The first kappa shape index (κ1) is 21.0. The van der Waals surface area contributed by atoms with Gasteiger partial charge in [0, 0.05) is 18.3 Å². The average Bonchev–Trinajstić information content (AvgIpc) is 3.01.